The maximum absolute atomic E-state index is 4.57. The number of nitrogens with one attached hydrogen (secondary N) is 1. The first-order valence-electron chi connectivity index (χ1n) is 6.58. The monoisotopic (exact) mass is 263 g/mol. The Morgan fingerprint density at radius 3 is 2.63 bits per heavy atom. The summed E-state index contributed by atoms with van der Waals surface area (Å²) >= 11 is 0. The Balaban J connectivity index is 2.11. The summed E-state index contributed by atoms with van der Waals surface area (Å²) in [6, 6.07) is 0. The van der Waals surface area contributed by atoms with Crippen LogP contribution in [0.1, 0.15) is 29.7 Å². The Kier molecular flexibility index (Phi) is 4.26. The minimum atomic E-state index is 0.571. The lowest BCUT2D eigenvalue weighted by Gasteiger charge is -2.04. The van der Waals surface area contributed by atoms with E-state index in [0.717, 1.165) is 25.2 Å². The van der Waals surface area contributed by atoms with Gasteiger partial charge in [-0.15, -0.1) is 10.2 Å². The highest BCUT2D eigenvalue weighted by atomic mass is 15.6. The van der Waals surface area contributed by atoms with Crippen molar-refractivity contribution in [3.63, 3.8) is 0 Å². The molecule has 2 aromatic rings. The van der Waals surface area contributed by atoms with E-state index in [1.54, 1.807) is 7.05 Å². The summed E-state index contributed by atoms with van der Waals surface area (Å²) in [6.07, 6.45) is 0.999. The first kappa shape index (κ1) is 13.7. The smallest absolute Gasteiger partial charge is 0.196 e. The topological polar surface area (TPSA) is 73.5 Å². The number of rotatable bonds is 6. The van der Waals surface area contributed by atoms with Gasteiger partial charge in [0.1, 0.15) is 6.54 Å². The molecule has 2 aromatic heterocycles. The van der Waals surface area contributed by atoms with Gasteiger partial charge in [-0.2, -0.15) is 9.90 Å². The lowest BCUT2D eigenvalue weighted by Crippen LogP contribution is -2.16. The van der Waals surface area contributed by atoms with Gasteiger partial charge < -0.3 is 5.32 Å². The van der Waals surface area contributed by atoms with Gasteiger partial charge in [0, 0.05) is 5.69 Å². The number of likely N-dealkylation sites (N-methyl/N-ethyl adjacent to an activating group) is 1. The van der Waals surface area contributed by atoms with Gasteiger partial charge in [0.25, 0.3) is 0 Å². The average Bonchev–Trinajstić information content (AvgIpc) is 2.88. The van der Waals surface area contributed by atoms with Crippen LogP contribution in [0.3, 0.4) is 0 Å². The number of nitrogens with zero attached hydrogens (tertiary/aromatic N) is 6. The van der Waals surface area contributed by atoms with E-state index in [9.17, 15) is 0 Å². The Morgan fingerprint density at radius 1 is 1.21 bits per heavy atom. The van der Waals surface area contributed by atoms with Gasteiger partial charge in [-0.3, -0.25) is 4.68 Å². The van der Waals surface area contributed by atoms with Gasteiger partial charge in [-0.25, -0.2) is 0 Å². The number of aryl methyl sites for hydroxylation is 2. The Hall–Kier alpha value is -1.76. The van der Waals surface area contributed by atoms with Gasteiger partial charge in [-0.05, 0) is 44.1 Å². The van der Waals surface area contributed by atoms with Crippen LogP contribution in [0.25, 0.3) is 0 Å². The standard InChI is InChI=1S/C12H21N7/c1-5-13-7-6-11-9(2)15-19(10(11)3)8-12-14-17-18(4)16-12/h13H,5-8H2,1-4H3. The zero-order valence-electron chi connectivity index (χ0n) is 12.0. The maximum atomic E-state index is 4.57. The predicted molar refractivity (Wildman–Crippen MR) is 71.8 cm³/mol. The van der Waals surface area contributed by atoms with Gasteiger partial charge in [0.15, 0.2) is 5.82 Å². The molecule has 0 saturated carbocycles. The van der Waals surface area contributed by atoms with Crippen LogP contribution in [0, 0.1) is 13.8 Å². The molecular weight excluding hydrogens is 242 g/mol. The van der Waals surface area contributed by atoms with Crippen molar-refractivity contribution in [2.75, 3.05) is 13.1 Å². The fourth-order valence-electron chi connectivity index (χ4n) is 2.16. The van der Waals surface area contributed by atoms with Crippen molar-refractivity contribution >= 4 is 0 Å². The van der Waals surface area contributed by atoms with E-state index in [-0.39, 0.29) is 0 Å². The first-order valence-corrected chi connectivity index (χ1v) is 6.58. The molecule has 0 atom stereocenters. The normalized spacial score (nSPS) is 11.2. The van der Waals surface area contributed by atoms with Crippen LogP contribution < -0.4 is 5.32 Å². The van der Waals surface area contributed by atoms with E-state index in [2.05, 4.69) is 46.6 Å². The molecule has 0 amide bonds. The summed E-state index contributed by atoms with van der Waals surface area (Å²) < 4.78 is 1.95. The summed E-state index contributed by atoms with van der Waals surface area (Å²) in [5.41, 5.74) is 3.58. The van der Waals surface area contributed by atoms with Crippen LogP contribution >= 0.6 is 0 Å². The summed E-state index contributed by atoms with van der Waals surface area (Å²) in [7, 11) is 1.76. The fraction of sp³-hybridized carbons (Fsp3) is 0.667. The van der Waals surface area contributed by atoms with Crippen LogP contribution in [0.2, 0.25) is 0 Å². The Morgan fingerprint density at radius 2 is 2.00 bits per heavy atom. The van der Waals surface area contributed by atoms with Crippen molar-refractivity contribution in [3.05, 3.63) is 22.8 Å². The first-order chi connectivity index (χ1) is 9.11. The van der Waals surface area contributed by atoms with Crippen LogP contribution in [0.15, 0.2) is 0 Å². The SMILES string of the molecule is CCNCCc1c(C)nn(Cc2nnn(C)n2)c1C. The van der Waals surface area contributed by atoms with E-state index < -0.39 is 0 Å². The quantitative estimate of drug-likeness (QED) is 0.755. The summed E-state index contributed by atoms with van der Waals surface area (Å²) in [5.74, 6) is 0.686. The van der Waals surface area contributed by atoms with Crippen molar-refractivity contribution < 1.29 is 0 Å². The van der Waals surface area contributed by atoms with Crippen molar-refractivity contribution in [1.29, 1.82) is 0 Å². The van der Waals surface area contributed by atoms with Gasteiger partial charge >= 0.3 is 0 Å². The fourth-order valence-corrected chi connectivity index (χ4v) is 2.16. The number of aromatic nitrogens is 6. The highest BCUT2D eigenvalue weighted by Crippen LogP contribution is 2.14. The van der Waals surface area contributed by atoms with Gasteiger partial charge in [-0.1, -0.05) is 6.92 Å². The molecule has 19 heavy (non-hydrogen) atoms. The van der Waals surface area contributed by atoms with Gasteiger partial charge in [0.05, 0.1) is 12.7 Å². The predicted octanol–water partition coefficient (Wildman–Crippen LogP) is 0.224. The summed E-state index contributed by atoms with van der Waals surface area (Å²) in [4.78, 5) is 1.47. The molecule has 0 aliphatic carbocycles. The van der Waals surface area contributed by atoms with E-state index in [4.69, 9.17) is 0 Å². The maximum Gasteiger partial charge on any atom is 0.196 e. The molecule has 2 heterocycles. The molecular formula is C12H21N7. The average molecular weight is 263 g/mol. The van der Waals surface area contributed by atoms with Crippen LogP contribution in [0.4, 0.5) is 0 Å². The molecule has 0 spiro atoms. The number of tetrazole rings is 1. The number of hydrogen-bond donors (Lipinski definition) is 1. The molecule has 0 aliphatic rings. The minimum absolute atomic E-state index is 0.571. The Labute approximate surface area is 113 Å². The molecule has 0 radical (unpaired) electrons. The van der Waals surface area contributed by atoms with Gasteiger partial charge in [0.2, 0.25) is 0 Å². The summed E-state index contributed by atoms with van der Waals surface area (Å²) in [5, 5.41) is 19.9. The summed E-state index contributed by atoms with van der Waals surface area (Å²) in [6.45, 7) is 8.81. The minimum Gasteiger partial charge on any atom is -0.317 e. The third-order valence-corrected chi connectivity index (χ3v) is 3.17. The second kappa shape index (κ2) is 5.92. The largest absolute Gasteiger partial charge is 0.317 e. The van der Waals surface area contributed by atoms with Crippen molar-refractivity contribution in [3.8, 4) is 0 Å². The van der Waals surface area contributed by atoms with E-state index in [1.807, 2.05) is 4.68 Å². The van der Waals surface area contributed by atoms with Crippen LogP contribution in [-0.2, 0) is 20.0 Å². The molecule has 0 saturated heterocycles. The molecule has 2 rings (SSSR count). The van der Waals surface area contributed by atoms with Crippen molar-refractivity contribution in [1.82, 2.24) is 35.3 Å². The molecule has 0 bridgehead atoms. The third kappa shape index (κ3) is 3.17. The molecule has 104 valence electrons. The Bertz CT molecular complexity index is 540. The molecule has 0 aliphatic heterocycles. The molecule has 0 aromatic carbocycles. The van der Waals surface area contributed by atoms with E-state index in [1.165, 1.54) is 16.1 Å². The highest BCUT2D eigenvalue weighted by Gasteiger charge is 2.12. The van der Waals surface area contributed by atoms with Crippen molar-refractivity contribution in [2.24, 2.45) is 7.05 Å². The third-order valence-electron chi connectivity index (χ3n) is 3.17. The van der Waals surface area contributed by atoms with E-state index in [0.29, 0.717) is 12.4 Å². The molecule has 0 fully saturated rings. The molecule has 7 nitrogen and oxygen atoms in total. The van der Waals surface area contributed by atoms with E-state index >= 15 is 0 Å². The lowest BCUT2D eigenvalue weighted by molar-refractivity contribution is 0.609. The second-order valence-electron chi connectivity index (χ2n) is 4.61. The molecule has 7 heteroatoms. The highest BCUT2D eigenvalue weighted by molar-refractivity contribution is 5.25. The second-order valence-corrected chi connectivity index (χ2v) is 4.61. The zero-order valence-corrected chi connectivity index (χ0v) is 12.0. The van der Waals surface area contributed by atoms with Crippen molar-refractivity contribution in [2.45, 2.75) is 33.7 Å². The lowest BCUT2D eigenvalue weighted by atomic mass is 10.1. The van der Waals surface area contributed by atoms with Crippen LogP contribution in [-0.4, -0.2) is 43.1 Å². The molecule has 0 unspecified atom stereocenters. The van der Waals surface area contributed by atoms with Crippen LogP contribution in [0.5, 0.6) is 0 Å². The molecule has 1 N–H and O–H groups in total. The number of hydrogen-bond acceptors (Lipinski definition) is 5. The zero-order chi connectivity index (χ0) is 13.8.